The summed E-state index contributed by atoms with van der Waals surface area (Å²) in [6, 6.07) is 9.17. The number of benzene rings is 1. The third kappa shape index (κ3) is 4.89. The first kappa shape index (κ1) is 12.9. The van der Waals surface area contributed by atoms with Gasteiger partial charge in [-0.15, -0.1) is 0 Å². The minimum absolute atomic E-state index is 0.168. The molecule has 0 bridgehead atoms. The lowest BCUT2D eigenvalue weighted by Crippen LogP contribution is -2.36. The van der Waals surface area contributed by atoms with Crippen LogP contribution in [0.25, 0.3) is 0 Å². The molecule has 0 aliphatic heterocycles. The number of hydroxylamine groups is 1. The Morgan fingerprint density at radius 2 is 1.94 bits per heavy atom. The van der Waals surface area contributed by atoms with E-state index < -0.39 is 11.7 Å². The van der Waals surface area contributed by atoms with Gasteiger partial charge in [-0.3, -0.25) is 19.2 Å². The molecule has 2 amide bonds. The second-order valence-corrected chi connectivity index (χ2v) is 3.13. The molecule has 6 heteroatoms. The summed E-state index contributed by atoms with van der Waals surface area (Å²) in [7, 11) is 0. The summed E-state index contributed by atoms with van der Waals surface area (Å²) >= 11 is 0. The van der Waals surface area contributed by atoms with Gasteiger partial charge in [0.1, 0.15) is 0 Å². The zero-order chi connectivity index (χ0) is 12.5. The predicted octanol–water partition coefficient (Wildman–Crippen LogP) is -0.450. The average molecular weight is 236 g/mol. The second kappa shape index (κ2) is 7.13. The van der Waals surface area contributed by atoms with Gasteiger partial charge < -0.3 is 5.32 Å². The van der Waals surface area contributed by atoms with Gasteiger partial charge in [-0.2, -0.15) is 0 Å². The van der Waals surface area contributed by atoms with Crippen molar-refractivity contribution in [3.63, 3.8) is 0 Å². The zero-order valence-electron chi connectivity index (χ0n) is 9.01. The minimum atomic E-state index is -0.893. The summed E-state index contributed by atoms with van der Waals surface area (Å²) in [5.41, 5.74) is 2.86. The standard InChI is InChI=1S/C11H12N2O4/c14-8-12-6-10(15)11(16)13-17-7-9-4-2-1-3-5-9/h1-5,8H,6-7H2,(H,12,14)(H,13,16). The van der Waals surface area contributed by atoms with Crippen molar-refractivity contribution < 1.29 is 19.2 Å². The lowest BCUT2D eigenvalue weighted by Gasteiger charge is -2.04. The molecule has 1 rings (SSSR count). The largest absolute Gasteiger partial charge is 0.351 e. The number of hydrogen-bond acceptors (Lipinski definition) is 4. The summed E-state index contributed by atoms with van der Waals surface area (Å²) in [5, 5.41) is 2.09. The van der Waals surface area contributed by atoms with Gasteiger partial charge in [-0.1, -0.05) is 30.3 Å². The first-order valence-corrected chi connectivity index (χ1v) is 4.90. The number of Topliss-reactive ketones (excluding diaryl/α,β-unsaturated/α-hetero) is 1. The average Bonchev–Trinajstić information content (AvgIpc) is 2.37. The number of nitrogens with one attached hydrogen (secondary N) is 2. The molecule has 17 heavy (non-hydrogen) atoms. The Morgan fingerprint density at radius 1 is 1.24 bits per heavy atom. The van der Waals surface area contributed by atoms with Crippen LogP contribution in [0.15, 0.2) is 30.3 Å². The smallest absolute Gasteiger partial charge is 0.312 e. The summed E-state index contributed by atoms with van der Waals surface area (Å²) < 4.78 is 0. The summed E-state index contributed by atoms with van der Waals surface area (Å²) in [6.45, 7) is -0.176. The minimum Gasteiger partial charge on any atom is -0.351 e. The summed E-state index contributed by atoms with van der Waals surface area (Å²) in [5.74, 6) is -1.67. The van der Waals surface area contributed by atoms with E-state index in [1.807, 2.05) is 35.8 Å². The van der Waals surface area contributed by atoms with Crippen molar-refractivity contribution in [3.8, 4) is 0 Å². The Hall–Kier alpha value is -2.21. The fraction of sp³-hybridized carbons (Fsp3) is 0.182. The van der Waals surface area contributed by atoms with Gasteiger partial charge in [-0.05, 0) is 5.56 Å². The van der Waals surface area contributed by atoms with Crippen molar-refractivity contribution in [1.82, 2.24) is 10.8 Å². The van der Waals surface area contributed by atoms with E-state index in [4.69, 9.17) is 4.84 Å². The van der Waals surface area contributed by atoms with Crippen molar-refractivity contribution in [3.05, 3.63) is 35.9 Å². The van der Waals surface area contributed by atoms with Crippen LogP contribution < -0.4 is 10.8 Å². The molecule has 0 saturated carbocycles. The van der Waals surface area contributed by atoms with E-state index in [1.165, 1.54) is 0 Å². The topological polar surface area (TPSA) is 84.5 Å². The van der Waals surface area contributed by atoms with Crippen LogP contribution in [0, 0.1) is 0 Å². The number of hydrogen-bond donors (Lipinski definition) is 2. The molecule has 90 valence electrons. The second-order valence-electron chi connectivity index (χ2n) is 3.13. The molecule has 0 fully saturated rings. The van der Waals surface area contributed by atoms with Crippen LogP contribution in [0.2, 0.25) is 0 Å². The monoisotopic (exact) mass is 236 g/mol. The number of amides is 2. The highest BCUT2D eigenvalue weighted by atomic mass is 16.7. The number of rotatable bonds is 7. The molecule has 2 N–H and O–H groups in total. The molecule has 0 spiro atoms. The van der Waals surface area contributed by atoms with Gasteiger partial charge in [0, 0.05) is 0 Å². The van der Waals surface area contributed by atoms with Crippen LogP contribution in [0.4, 0.5) is 0 Å². The predicted molar refractivity (Wildman–Crippen MR) is 58.4 cm³/mol. The Bertz CT molecular complexity index is 392. The van der Waals surface area contributed by atoms with Crippen LogP contribution in [0.1, 0.15) is 5.56 Å². The van der Waals surface area contributed by atoms with E-state index in [9.17, 15) is 14.4 Å². The Labute approximate surface area is 97.9 Å². The van der Waals surface area contributed by atoms with E-state index in [0.29, 0.717) is 6.41 Å². The maximum atomic E-state index is 11.1. The lowest BCUT2D eigenvalue weighted by atomic mass is 10.2. The maximum Gasteiger partial charge on any atom is 0.312 e. The highest BCUT2D eigenvalue weighted by Crippen LogP contribution is 1.98. The van der Waals surface area contributed by atoms with Gasteiger partial charge in [0.2, 0.25) is 12.2 Å². The molecular weight excluding hydrogens is 224 g/mol. The zero-order valence-corrected chi connectivity index (χ0v) is 9.01. The van der Waals surface area contributed by atoms with E-state index in [1.54, 1.807) is 0 Å². The SMILES string of the molecule is O=CNCC(=O)C(=O)NOCc1ccccc1. The lowest BCUT2D eigenvalue weighted by molar-refractivity contribution is -0.146. The maximum absolute atomic E-state index is 11.1. The quantitative estimate of drug-likeness (QED) is 0.381. The molecule has 0 radical (unpaired) electrons. The number of carbonyl (C=O) groups excluding carboxylic acids is 3. The van der Waals surface area contributed by atoms with E-state index >= 15 is 0 Å². The molecule has 6 nitrogen and oxygen atoms in total. The highest BCUT2D eigenvalue weighted by Gasteiger charge is 2.12. The molecule has 0 aliphatic carbocycles. The van der Waals surface area contributed by atoms with Crippen LogP contribution in [0.3, 0.4) is 0 Å². The molecule has 1 aromatic rings. The first-order valence-electron chi connectivity index (χ1n) is 4.90. The summed E-state index contributed by atoms with van der Waals surface area (Å²) in [6.07, 6.45) is 0.343. The molecule has 0 aromatic heterocycles. The van der Waals surface area contributed by atoms with Crippen LogP contribution in [-0.2, 0) is 25.8 Å². The number of carbonyl (C=O) groups is 3. The van der Waals surface area contributed by atoms with E-state index in [-0.39, 0.29) is 13.2 Å². The molecule has 0 saturated heterocycles. The Balaban J connectivity index is 2.24. The van der Waals surface area contributed by atoms with Crippen molar-refractivity contribution in [2.24, 2.45) is 0 Å². The fourth-order valence-electron chi connectivity index (χ4n) is 1.03. The Morgan fingerprint density at radius 3 is 2.59 bits per heavy atom. The van der Waals surface area contributed by atoms with Crippen LogP contribution >= 0.6 is 0 Å². The van der Waals surface area contributed by atoms with Crippen molar-refractivity contribution >= 4 is 18.1 Å². The first-order chi connectivity index (χ1) is 8.24. The van der Waals surface area contributed by atoms with Gasteiger partial charge >= 0.3 is 5.91 Å². The van der Waals surface area contributed by atoms with Crippen LogP contribution in [0.5, 0.6) is 0 Å². The molecule has 0 aliphatic rings. The van der Waals surface area contributed by atoms with Gasteiger partial charge in [0.15, 0.2) is 0 Å². The van der Waals surface area contributed by atoms with E-state index in [2.05, 4.69) is 5.32 Å². The third-order valence-corrected chi connectivity index (χ3v) is 1.85. The fourth-order valence-corrected chi connectivity index (χ4v) is 1.03. The molecule has 0 heterocycles. The number of ketones is 1. The molecule has 1 aromatic carbocycles. The van der Waals surface area contributed by atoms with Crippen LogP contribution in [-0.4, -0.2) is 24.6 Å². The van der Waals surface area contributed by atoms with Gasteiger partial charge in [-0.25, -0.2) is 5.48 Å². The normalized spacial score (nSPS) is 9.41. The molecule has 0 atom stereocenters. The molecule has 0 unspecified atom stereocenters. The van der Waals surface area contributed by atoms with Crippen molar-refractivity contribution in [2.45, 2.75) is 6.61 Å². The van der Waals surface area contributed by atoms with Crippen molar-refractivity contribution in [2.75, 3.05) is 6.54 Å². The summed E-state index contributed by atoms with van der Waals surface area (Å²) in [4.78, 5) is 36.9. The van der Waals surface area contributed by atoms with Gasteiger partial charge in [0.05, 0.1) is 13.2 Å². The Kier molecular flexibility index (Phi) is 5.39. The van der Waals surface area contributed by atoms with Crippen molar-refractivity contribution in [1.29, 1.82) is 0 Å². The van der Waals surface area contributed by atoms with E-state index in [0.717, 1.165) is 5.56 Å². The third-order valence-electron chi connectivity index (χ3n) is 1.85. The highest BCUT2D eigenvalue weighted by molar-refractivity contribution is 6.36. The molecular formula is C11H12N2O4. The van der Waals surface area contributed by atoms with Gasteiger partial charge in [0.25, 0.3) is 0 Å².